The van der Waals surface area contributed by atoms with Gasteiger partial charge in [-0.25, -0.2) is 4.98 Å². The number of benzene rings is 2. The Balaban J connectivity index is 1.30. The van der Waals surface area contributed by atoms with Gasteiger partial charge in [0.05, 0.1) is 30.7 Å². The third kappa shape index (κ3) is 4.98. The van der Waals surface area contributed by atoms with E-state index >= 15 is 0 Å². The van der Waals surface area contributed by atoms with Gasteiger partial charge in [-0.1, -0.05) is 23.5 Å². The summed E-state index contributed by atoms with van der Waals surface area (Å²) in [6.07, 6.45) is 3.64. The van der Waals surface area contributed by atoms with Crippen molar-refractivity contribution in [3.8, 4) is 5.75 Å². The Morgan fingerprint density at radius 3 is 2.58 bits per heavy atom. The zero-order valence-electron chi connectivity index (χ0n) is 19.0. The molecule has 7 nitrogen and oxygen atoms in total. The maximum atomic E-state index is 12.9. The van der Waals surface area contributed by atoms with Crippen molar-refractivity contribution in [2.45, 2.75) is 19.3 Å². The number of ether oxygens (including phenoxy) is 2. The minimum absolute atomic E-state index is 0.146. The van der Waals surface area contributed by atoms with Crippen LogP contribution < -0.4 is 15.0 Å². The first-order valence-corrected chi connectivity index (χ1v) is 12.5. The van der Waals surface area contributed by atoms with Crippen LogP contribution in [0.5, 0.6) is 5.75 Å². The van der Waals surface area contributed by atoms with Gasteiger partial charge in [0, 0.05) is 25.2 Å². The molecule has 5 rings (SSSR count). The van der Waals surface area contributed by atoms with E-state index in [1.165, 1.54) is 42.8 Å². The summed E-state index contributed by atoms with van der Waals surface area (Å²) >= 11 is 1.48. The van der Waals surface area contributed by atoms with Gasteiger partial charge in [-0.15, -0.1) is 0 Å². The highest BCUT2D eigenvalue weighted by Crippen LogP contribution is 2.39. The van der Waals surface area contributed by atoms with Crippen LogP contribution in [0, 0.1) is 0 Å². The van der Waals surface area contributed by atoms with Crippen LogP contribution in [-0.4, -0.2) is 68.8 Å². The van der Waals surface area contributed by atoms with E-state index < -0.39 is 0 Å². The molecule has 2 saturated heterocycles. The summed E-state index contributed by atoms with van der Waals surface area (Å²) < 4.78 is 12.0. The molecule has 0 aliphatic carbocycles. The quantitative estimate of drug-likeness (QED) is 0.567. The summed E-state index contributed by atoms with van der Waals surface area (Å²) in [6, 6.07) is 11.9. The number of amides is 1. The average molecular weight is 467 g/mol. The Hall–Kier alpha value is -2.68. The molecule has 2 aliphatic rings. The minimum atomic E-state index is -0.146. The minimum Gasteiger partial charge on any atom is -0.494 e. The zero-order chi connectivity index (χ0) is 22.6. The summed E-state index contributed by atoms with van der Waals surface area (Å²) in [5, 5.41) is 3.56. The van der Waals surface area contributed by atoms with Gasteiger partial charge in [-0.2, -0.15) is 0 Å². The lowest BCUT2D eigenvalue weighted by Gasteiger charge is -2.29. The number of methoxy groups -OCH3 is 1. The highest BCUT2D eigenvalue weighted by atomic mass is 32.1. The number of aromatic nitrogens is 1. The third-order valence-electron chi connectivity index (χ3n) is 6.41. The van der Waals surface area contributed by atoms with Crippen LogP contribution in [0.2, 0.25) is 0 Å². The molecule has 3 aromatic rings. The molecule has 174 valence electrons. The van der Waals surface area contributed by atoms with Crippen LogP contribution in [0.15, 0.2) is 36.4 Å². The zero-order valence-corrected chi connectivity index (χ0v) is 19.8. The van der Waals surface area contributed by atoms with Gasteiger partial charge in [0.2, 0.25) is 0 Å². The summed E-state index contributed by atoms with van der Waals surface area (Å²) in [5.41, 5.74) is 3.78. The Bertz CT molecular complexity index is 1100. The summed E-state index contributed by atoms with van der Waals surface area (Å²) in [6.45, 7) is 6.61. The van der Waals surface area contributed by atoms with Gasteiger partial charge < -0.3 is 19.3 Å². The van der Waals surface area contributed by atoms with Gasteiger partial charge in [-0.05, 0) is 62.2 Å². The van der Waals surface area contributed by atoms with E-state index in [1.54, 1.807) is 7.11 Å². The number of hydrogen-bond donors (Lipinski definition) is 1. The lowest BCUT2D eigenvalue weighted by Crippen LogP contribution is -2.36. The Labute approximate surface area is 198 Å². The van der Waals surface area contributed by atoms with Gasteiger partial charge in [0.15, 0.2) is 5.13 Å². The number of carbonyl (C=O) groups excluding carboxylic acids is 1. The highest BCUT2D eigenvalue weighted by molar-refractivity contribution is 7.23. The van der Waals surface area contributed by atoms with E-state index in [1.807, 2.05) is 18.2 Å². The predicted octanol–water partition coefficient (Wildman–Crippen LogP) is 4.03. The maximum absolute atomic E-state index is 12.9. The molecule has 0 bridgehead atoms. The lowest BCUT2D eigenvalue weighted by atomic mass is 10.1. The number of nitrogens with zero attached hydrogens (tertiary/aromatic N) is 3. The molecule has 8 heteroatoms. The van der Waals surface area contributed by atoms with E-state index in [9.17, 15) is 4.79 Å². The van der Waals surface area contributed by atoms with Crippen molar-refractivity contribution in [3.05, 3.63) is 47.5 Å². The molecule has 1 N–H and O–H groups in total. The molecule has 0 radical (unpaired) electrons. The third-order valence-corrected chi connectivity index (χ3v) is 7.40. The standard InChI is InChI=1S/C25H30N4O3S/c1-31-21-9-8-20(29-14-16-32-17-15-29)23-22(21)26-25(33-23)27-24(30)19-6-4-18(5-7-19)10-13-28-11-2-3-12-28/h4-9H,2-3,10-17H2,1H3,(H,26,27,30). The fourth-order valence-electron chi connectivity index (χ4n) is 4.53. The maximum Gasteiger partial charge on any atom is 0.257 e. The summed E-state index contributed by atoms with van der Waals surface area (Å²) in [7, 11) is 1.64. The van der Waals surface area contributed by atoms with Gasteiger partial charge in [-0.3, -0.25) is 10.1 Å². The van der Waals surface area contributed by atoms with Crippen molar-refractivity contribution in [3.63, 3.8) is 0 Å². The second-order valence-electron chi connectivity index (χ2n) is 8.53. The van der Waals surface area contributed by atoms with Crippen LogP contribution >= 0.6 is 11.3 Å². The molecule has 0 spiro atoms. The van der Waals surface area contributed by atoms with Crippen molar-refractivity contribution >= 4 is 38.3 Å². The van der Waals surface area contributed by atoms with Gasteiger partial charge in [0.25, 0.3) is 5.91 Å². The molecule has 2 aromatic carbocycles. The molecular weight excluding hydrogens is 436 g/mol. The largest absolute Gasteiger partial charge is 0.494 e. The van der Waals surface area contributed by atoms with E-state index in [4.69, 9.17) is 14.5 Å². The average Bonchev–Trinajstić information content (AvgIpc) is 3.53. The Morgan fingerprint density at radius 1 is 1.09 bits per heavy atom. The molecule has 33 heavy (non-hydrogen) atoms. The van der Waals surface area contributed by atoms with Crippen molar-refractivity contribution in [2.24, 2.45) is 0 Å². The SMILES string of the molecule is COc1ccc(N2CCOCC2)c2sc(NC(=O)c3ccc(CCN4CCCC4)cc3)nc12. The fraction of sp³-hybridized carbons (Fsp3) is 0.440. The second-order valence-corrected chi connectivity index (χ2v) is 9.53. The number of carbonyl (C=O) groups is 1. The molecule has 0 unspecified atom stereocenters. The van der Waals surface area contributed by atoms with Crippen LogP contribution in [0.4, 0.5) is 10.8 Å². The monoisotopic (exact) mass is 466 g/mol. The number of morpholine rings is 1. The number of thiazole rings is 1. The smallest absolute Gasteiger partial charge is 0.257 e. The van der Waals surface area contributed by atoms with Gasteiger partial charge >= 0.3 is 0 Å². The lowest BCUT2D eigenvalue weighted by molar-refractivity contribution is 0.102. The van der Waals surface area contributed by atoms with Crippen molar-refractivity contribution in [1.29, 1.82) is 0 Å². The predicted molar refractivity (Wildman–Crippen MR) is 133 cm³/mol. The van der Waals surface area contributed by atoms with E-state index in [2.05, 4.69) is 33.3 Å². The topological polar surface area (TPSA) is 66.9 Å². The van der Waals surface area contributed by atoms with Crippen molar-refractivity contribution in [1.82, 2.24) is 9.88 Å². The van der Waals surface area contributed by atoms with Crippen molar-refractivity contribution in [2.75, 3.05) is 63.3 Å². The summed E-state index contributed by atoms with van der Waals surface area (Å²) in [4.78, 5) is 22.4. The molecule has 0 saturated carbocycles. The number of hydrogen-bond acceptors (Lipinski definition) is 7. The van der Waals surface area contributed by atoms with Crippen LogP contribution in [0.3, 0.4) is 0 Å². The molecule has 1 amide bonds. The molecule has 2 fully saturated rings. The first kappa shape index (κ1) is 22.1. The second kappa shape index (κ2) is 10.1. The van der Waals surface area contributed by atoms with E-state index in [0.717, 1.165) is 42.0 Å². The number of nitrogens with one attached hydrogen (secondary N) is 1. The fourth-order valence-corrected chi connectivity index (χ4v) is 5.55. The number of rotatable bonds is 7. The normalized spacial score (nSPS) is 16.9. The van der Waals surface area contributed by atoms with Gasteiger partial charge in [0.1, 0.15) is 11.3 Å². The number of anilines is 2. The van der Waals surface area contributed by atoms with Crippen LogP contribution in [-0.2, 0) is 11.2 Å². The van der Waals surface area contributed by atoms with E-state index in [0.29, 0.717) is 29.7 Å². The Morgan fingerprint density at radius 2 is 1.85 bits per heavy atom. The first-order valence-electron chi connectivity index (χ1n) is 11.6. The Kier molecular flexibility index (Phi) is 6.75. The van der Waals surface area contributed by atoms with Crippen molar-refractivity contribution < 1.29 is 14.3 Å². The molecule has 2 aliphatic heterocycles. The van der Waals surface area contributed by atoms with Crippen LogP contribution in [0.25, 0.3) is 10.2 Å². The molecule has 3 heterocycles. The molecule has 1 aromatic heterocycles. The first-order chi connectivity index (χ1) is 16.2. The molecular formula is C25H30N4O3S. The number of fused-ring (bicyclic) bond motifs is 1. The number of likely N-dealkylation sites (tertiary alicyclic amines) is 1. The molecule has 0 atom stereocenters. The van der Waals surface area contributed by atoms with E-state index in [-0.39, 0.29) is 5.91 Å². The highest BCUT2D eigenvalue weighted by Gasteiger charge is 2.20. The van der Waals surface area contributed by atoms with Crippen LogP contribution in [0.1, 0.15) is 28.8 Å². The summed E-state index contributed by atoms with van der Waals surface area (Å²) in [5.74, 6) is 0.563.